The third-order valence-corrected chi connectivity index (χ3v) is 8.09. The highest BCUT2D eigenvalue weighted by molar-refractivity contribution is 7.92. The first-order valence-corrected chi connectivity index (χ1v) is 15.3. The molecule has 2 atom stereocenters. The molecule has 3 aromatic carbocycles. The van der Waals surface area contributed by atoms with Gasteiger partial charge in [0.1, 0.15) is 18.4 Å². The maximum absolute atomic E-state index is 14.0. The van der Waals surface area contributed by atoms with Crippen molar-refractivity contribution in [2.75, 3.05) is 17.1 Å². The van der Waals surface area contributed by atoms with Crippen molar-refractivity contribution >= 4 is 50.7 Å². The fourth-order valence-corrected chi connectivity index (χ4v) is 5.18. The van der Waals surface area contributed by atoms with Crippen molar-refractivity contribution in [2.45, 2.75) is 45.3 Å². The molecule has 0 aliphatic heterocycles. The van der Waals surface area contributed by atoms with Gasteiger partial charge >= 0.3 is 0 Å². The van der Waals surface area contributed by atoms with Gasteiger partial charge in [-0.25, -0.2) is 12.8 Å². The summed E-state index contributed by atoms with van der Waals surface area (Å²) in [5.41, 5.74) is 1.55. The van der Waals surface area contributed by atoms with Crippen molar-refractivity contribution in [2.24, 2.45) is 0 Å². The van der Waals surface area contributed by atoms with E-state index in [1.165, 1.54) is 11.0 Å². The average molecular weight is 609 g/mol. The van der Waals surface area contributed by atoms with E-state index in [4.69, 9.17) is 23.2 Å². The summed E-state index contributed by atoms with van der Waals surface area (Å²) in [7, 11) is -4.00. The van der Waals surface area contributed by atoms with Crippen LogP contribution in [-0.2, 0) is 32.6 Å². The van der Waals surface area contributed by atoms with Crippen LogP contribution in [0, 0.1) is 5.82 Å². The highest BCUT2D eigenvalue weighted by Gasteiger charge is 2.33. The quantitative estimate of drug-likeness (QED) is 0.296. The molecule has 214 valence electrons. The van der Waals surface area contributed by atoms with E-state index in [0.717, 1.165) is 28.3 Å². The zero-order valence-corrected chi connectivity index (χ0v) is 24.8. The lowest BCUT2D eigenvalue weighted by Gasteiger charge is -2.34. The Morgan fingerprint density at radius 3 is 2.20 bits per heavy atom. The summed E-state index contributed by atoms with van der Waals surface area (Å²) in [5, 5.41) is 3.19. The summed E-state index contributed by atoms with van der Waals surface area (Å²) in [6.07, 6.45) is 1.82. The minimum atomic E-state index is -4.00. The molecule has 40 heavy (non-hydrogen) atoms. The van der Waals surface area contributed by atoms with Crippen LogP contribution in [0.1, 0.15) is 31.4 Å². The largest absolute Gasteiger partial charge is 0.352 e. The van der Waals surface area contributed by atoms with Gasteiger partial charge in [-0.05, 0) is 54.8 Å². The smallest absolute Gasteiger partial charge is 0.244 e. The van der Waals surface area contributed by atoms with Gasteiger partial charge in [-0.1, -0.05) is 72.6 Å². The molecule has 7 nitrogen and oxygen atoms in total. The van der Waals surface area contributed by atoms with Gasteiger partial charge in [-0.15, -0.1) is 0 Å². The fourth-order valence-electron chi connectivity index (χ4n) is 4.04. The number of carbonyl (C=O) groups excluding carboxylic acids is 2. The minimum Gasteiger partial charge on any atom is -0.352 e. The summed E-state index contributed by atoms with van der Waals surface area (Å²) < 4.78 is 40.2. The molecule has 0 radical (unpaired) electrons. The molecule has 0 aromatic heterocycles. The molecule has 0 saturated heterocycles. The second kappa shape index (κ2) is 14.0. The molecule has 0 aliphatic carbocycles. The number of halogens is 3. The van der Waals surface area contributed by atoms with Crippen molar-refractivity contribution in [1.82, 2.24) is 10.2 Å². The maximum atomic E-state index is 14.0. The number of carbonyl (C=O) groups is 2. The summed E-state index contributed by atoms with van der Waals surface area (Å²) >= 11 is 12.0. The van der Waals surface area contributed by atoms with E-state index >= 15 is 0 Å². The van der Waals surface area contributed by atoms with Crippen LogP contribution in [0.5, 0.6) is 0 Å². The first kappa shape index (κ1) is 31.4. The Labute approximate surface area is 244 Å². The number of amides is 2. The molecule has 0 heterocycles. The number of rotatable bonds is 12. The van der Waals surface area contributed by atoms with E-state index in [-0.39, 0.29) is 35.6 Å². The van der Waals surface area contributed by atoms with Crippen LogP contribution < -0.4 is 9.62 Å². The Hall–Kier alpha value is -3.14. The lowest BCUT2D eigenvalue weighted by atomic mass is 10.0. The van der Waals surface area contributed by atoms with Crippen molar-refractivity contribution in [3.63, 3.8) is 0 Å². The lowest BCUT2D eigenvalue weighted by Crippen LogP contribution is -2.54. The van der Waals surface area contributed by atoms with Crippen LogP contribution in [-0.4, -0.2) is 50.0 Å². The molecule has 3 rings (SSSR count). The van der Waals surface area contributed by atoms with Crippen molar-refractivity contribution in [3.05, 3.63) is 99.8 Å². The standard InChI is InChI=1S/C29H32Cl2FN3O4S/c1-4-20(2)33-29(37)27(16-21-8-6-5-7-9-21)34(18-22-10-12-23(30)13-11-22)28(36)19-35(40(3,38)39)24-14-15-26(32)25(31)17-24/h5-15,17,20,27H,4,16,18-19H2,1-3H3,(H,33,37)/t20-,27-/m1/s1. The number of hydrogen-bond donors (Lipinski definition) is 1. The molecule has 3 aromatic rings. The molecular weight excluding hydrogens is 576 g/mol. The molecule has 1 N–H and O–H groups in total. The van der Waals surface area contributed by atoms with Crippen LogP contribution >= 0.6 is 23.2 Å². The Morgan fingerprint density at radius 2 is 1.62 bits per heavy atom. The van der Waals surface area contributed by atoms with Gasteiger partial charge in [-0.3, -0.25) is 13.9 Å². The molecular formula is C29H32Cl2FN3O4S. The van der Waals surface area contributed by atoms with Crippen molar-refractivity contribution < 1.29 is 22.4 Å². The number of nitrogens with one attached hydrogen (secondary N) is 1. The average Bonchev–Trinajstić information content (AvgIpc) is 2.91. The third-order valence-electron chi connectivity index (χ3n) is 6.41. The first-order valence-electron chi connectivity index (χ1n) is 12.7. The summed E-state index contributed by atoms with van der Waals surface area (Å²) in [6, 6.07) is 18.4. The third kappa shape index (κ3) is 8.68. The van der Waals surface area contributed by atoms with Crippen LogP contribution in [0.2, 0.25) is 10.0 Å². The van der Waals surface area contributed by atoms with Crippen LogP contribution in [0.3, 0.4) is 0 Å². The number of benzene rings is 3. The predicted molar refractivity (Wildman–Crippen MR) is 157 cm³/mol. The molecule has 0 saturated carbocycles. The fraction of sp³-hybridized carbons (Fsp3) is 0.310. The van der Waals surface area contributed by atoms with Crippen molar-refractivity contribution in [3.8, 4) is 0 Å². The van der Waals surface area contributed by atoms with Gasteiger partial charge < -0.3 is 10.2 Å². The van der Waals surface area contributed by atoms with Gasteiger partial charge in [0, 0.05) is 24.0 Å². The van der Waals surface area contributed by atoms with Crippen molar-refractivity contribution in [1.29, 1.82) is 0 Å². The van der Waals surface area contributed by atoms with Crippen LogP contribution in [0.4, 0.5) is 10.1 Å². The monoisotopic (exact) mass is 607 g/mol. The highest BCUT2D eigenvalue weighted by atomic mass is 35.5. The topological polar surface area (TPSA) is 86.8 Å². The van der Waals surface area contributed by atoms with Crippen LogP contribution in [0.25, 0.3) is 0 Å². The zero-order chi connectivity index (χ0) is 29.4. The second-order valence-corrected chi connectivity index (χ2v) is 12.3. The van der Waals surface area contributed by atoms with E-state index in [1.807, 2.05) is 44.2 Å². The highest BCUT2D eigenvalue weighted by Crippen LogP contribution is 2.25. The summed E-state index contributed by atoms with van der Waals surface area (Å²) in [6.45, 7) is 3.19. The molecule has 2 amide bonds. The van der Waals surface area contributed by atoms with E-state index in [2.05, 4.69) is 5.32 Å². The van der Waals surface area contributed by atoms with E-state index in [0.29, 0.717) is 17.0 Å². The second-order valence-electron chi connectivity index (χ2n) is 9.54. The lowest BCUT2D eigenvalue weighted by molar-refractivity contribution is -0.140. The number of anilines is 1. The van der Waals surface area contributed by atoms with E-state index < -0.39 is 34.3 Å². The Balaban J connectivity index is 2.06. The molecule has 0 unspecified atom stereocenters. The molecule has 11 heteroatoms. The number of sulfonamides is 1. The van der Waals surface area contributed by atoms with Gasteiger partial charge in [0.25, 0.3) is 0 Å². The van der Waals surface area contributed by atoms with E-state index in [1.54, 1.807) is 24.3 Å². The Morgan fingerprint density at radius 1 is 0.975 bits per heavy atom. The number of hydrogen-bond acceptors (Lipinski definition) is 4. The minimum absolute atomic E-state index is 0.0171. The summed E-state index contributed by atoms with van der Waals surface area (Å²) in [4.78, 5) is 29.0. The van der Waals surface area contributed by atoms with Crippen LogP contribution in [0.15, 0.2) is 72.8 Å². The summed E-state index contributed by atoms with van der Waals surface area (Å²) in [5.74, 6) is -1.71. The maximum Gasteiger partial charge on any atom is 0.244 e. The normalized spacial score (nSPS) is 12.8. The molecule has 0 aliphatic rings. The Bertz CT molecular complexity index is 1420. The Kier molecular flexibility index (Phi) is 11.0. The van der Waals surface area contributed by atoms with Gasteiger partial charge in [0.05, 0.1) is 17.0 Å². The zero-order valence-electron chi connectivity index (χ0n) is 22.5. The van der Waals surface area contributed by atoms with Gasteiger partial charge in [0.2, 0.25) is 21.8 Å². The van der Waals surface area contributed by atoms with Gasteiger partial charge in [0.15, 0.2) is 0 Å². The molecule has 0 spiro atoms. The molecule has 0 bridgehead atoms. The van der Waals surface area contributed by atoms with E-state index in [9.17, 15) is 22.4 Å². The molecule has 0 fully saturated rings. The SMILES string of the molecule is CC[C@@H](C)NC(=O)[C@@H](Cc1ccccc1)N(Cc1ccc(Cl)cc1)C(=O)CN(c1ccc(F)c(Cl)c1)S(C)(=O)=O. The number of nitrogens with zero attached hydrogens (tertiary/aromatic N) is 2. The van der Waals surface area contributed by atoms with Gasteiger partial charge in [-0.2, -0.15) is 0 Å². The predicted octanol–water partition coefficient (Wildman–Crippen LogP) is 5.45. The first-order chi connectivity index (χ1) is 18.9.